The standard InChI is InChI=1S/C19H13F3N6O2S/c1-30-15-8-7-14(26-27-15)28-16(19(20,21)22)12(9-23-28)17(29)25-18-24-13(10-31-18)11-5-3-2-4-6-11/h2-10H,1H3,(H,24,25,29). The molecule has 4 aromatic rings. The van der Waals surface area contributed by atoms with E-state index in [0.717, 1.165) is 23.1 Å². The van der Waals surface area contributed by atoms with Crippen LogP contribution in [0.4, 0.5) is 18.3 Å². The third-order valence-corrected chi connectivity index (χ3v) is 4.89. The molecule has 0 unspecified atom stereocenters. The van der Waals surface area contributed by atoms with Gasteiger partial charge in [-0.05, 0) is 6.07 Å². The summed E-state index contributed by atoms with van der Waals surface area (Å²) in [6, 6.07) is 11.8. The second-order valence-corrected chi connectivity index (χ2v) is 6.97. The second-order valence-electron chi connectivity index (χ2n) is 6.11. The minimum Gasteiger partial charge on any atom is -0.480 e. The summed E-state index contributed by atoms with van der Waals surface area (Å²) in [5, 5.41) is 15.3. The fourth-order valence-electron chi connectivity index (χ4n) is 2.73. The molecule has 4 rings (SSSR count). The van der Waals surface area contributed by atoms with E-state index in [9.17, 15) is 18.0 Å². The molecular formula is C19H13F3N6O2S. The summed E-state index contributed by atoms with van der Waals surface area (Å²) in [7, 11) is 1.35. The second kappa shape index (κ2) is 8.14. The van der Waals surface area contributed by atoms with Crippen LogP contribution in [0, 0.1) is 0 Å². The summed E-state index contributed by atoms with van der Waals surface area (Å²) < 4.78 is 46.7. The number of thiazole rings is 1. The molecule has 1 aromatic carbocycles. The highest BCUT2D eigenvalue weighted by molar-refractivity contribution is 7.14. The van der Waals surface area contributed by atoms with E-state index in [1.807, 2.05) is 30.3 Å². The van der Waals surface area contributed by atoms with Crippen LogP contribution in [0.5, 0.6) is 5.88 Å². The lowest BCUT2D eigenvalue weighted by molar-refractivity contribution is -0.143. The van der Waals surface area contributed by atoms with Crippen LogP contribution in [0.15, 0.2) is 54.0 Å². The van der Waals surface area contributed by atoms with E-state index in [2.05, 4.69) is 25.6 Å². The Labute approximate surface area is 177 Å². The molecule has 1 N–H and O–H groups in total. The topological polar surface area (TPSA) is 94.8 Å². The molecule has 0 atom stereocenters. The van der Waals surface area contributed by atoms with E-state index >= 15 is 0 Å². The molecule has 0 saturated heterocycles. The summed E-state index contributed by atoms with van der Waals surface area (Å²) in [4.78, 5) is 16.9. The molecule has 0 saturated carbocycles. The fraction of sp³-hybridized carbons (Fsp3) is 0.105. The molecule has 0 aliphatic rings. The van der Waals surface area contributed by atoms with Crippen LogP contribution in [0.2, 0.25) is 0 Å². The minimum atomic E-state index is -4.87. The van der Waals surface area contributed by atoms with Gasteiger partial charge in [0.05, 0.1) is 24.6 Å². The lowest BCUT2D eigenvalue weighted by Crippen LogP contribution is -2.21. The predicted molar refractivity (Wildman–Crippen MR) is 106 cm³/mol. The average Bonchev–Trinajstić information content (AvgIpc) is 3.42. The number of rotatable bonds is 5. The van der Waals surface area contributed by atoms with Gasteiger partial charge in [0.1, 0.15) is 0 Å². The van der Waals surface area contributed by atoms with Gasteiger partial charge in [0.25, 0.3) is 5.91 Å². The Hall–Kier alpha value is -3.80. The lowest BCUT2D eigenvalue weighted by Gasteiger charge is -2.11. The van der Waals surface area contributed by atoms with Crippen LogP contribution < -0.4 is 10.1 Å². The van der Waals surface area contributed by atoms with E-state index in [-0.39, 0.29) is 16.8 Å². The Bertz CT molecular complexity index is 1210. The van der Waals surface area contributed by atoms with Crippen molar-refractivity contribution in [3.8, 4) is 23.0 Å². The number of hydrogen-bond acceptors (Lipinski definition) is 7. The van der Waals surface area contributed by atoms with Crippen LogP contribution in [-0.2, 0) is 6.18 Å². The highest BCUT2D eigenvalue weighted by atomic mass is 32.1. The zero-order chi connectivity index (χ0) is 22.0. The lowest BCUT2D eigenvalue weighted by atomic mass is 10.2. The van der Waals surface area contributed by atoms with Gasteiger partial charge in [-0.15, -0.1) is 21.5 Å². The zero-order valence-electron chi connectivity index (χ0n) is 15.8. The minimum absolute atomic E-state index is 0.125. The Balaban J connectivity index is 1.64. The van der Waals surface area contributed by atoms with Crippen molar-refractivity contribution in [3.05, 3.63) is 65.3 Å². The Morgan fingerprint density at radius 3 is 2.55 bits per heavy atom. The van der Waals surface area contributed by atoms with Gasteiger partial charge < -0.3 is 4.74 Å². The van der Waals surface area contributed by atoms with E-state index in [1.54, 1.807) is 5.38 Å². The number of anilines is 1. The van der Waals surface area contributed by atoms with Gasteiger partial charge in [-0.2, -0.15) is 18.3 Å². The molecular weight excluding hydrogens is 433 g/mol. The molecule has 0 aliphatic heterocycles. The van der Waals surface area contributed by atoms with Crippen molar-refractivity contribution < 1.29 is 22.7 Å². The van der Waals surface area contributed by atoms with Crippen molar-refractivity contribution in [2.75, 3.05) is 12.4 Å². The number of nitrogens with zero attached hydrogens (tertiary/aromatic N) is 5. The Morgan fingerprint density at radius 2 is 1.90 bits per heavy atom. The molecule has 1 amide bonds. The van der Waals surface area contributed by atoms with Gasteiger partial charge in [-0.3, -0.25) is 10.1 Å². The normalized spacial score (nSPS) is 11.4. The first-order valence-corrected chi connectivity index (χ1v) is 9.60. The van der Waals surface area contributed by atoms with Crippen LogP contribution in [-0.4, -0.2) is 38.0 Å². The average molecular weight is 446 g/mol. The van der Waals surface area contributed by atoms with Crippen LogP contribution in [0.25, 0.3) is 17.1 Å². The van der Waals surface area contributed by atoms with E-state index in [0.29, 0.717) is 10.4 Å². The number of ether oxygens (including phenoxy) is 1. The quantitative estimate of drug-likeness (QED) is 0.497. The molecule has 8 nitrogen and oxygen atoms in total. The van der Waals surface area contributed by atoms with E-state index in [4.69, 9.17) is 4.74 Å². The summed E-state index contributed by atoms with van der Waals surface area (Å²) in [5.74, 6) is -1.08. The summed E-state index contributed by atoms with van der Waals surface area (Å²) in [5.41, 5.74) is -0.520. The number of carbonyl (C=O) groups is 1. The molecule has 3 aromatic heterocycles. The first kappa shape index (κ1) is 20.5. The molecule has 0 aliphatic carbocycles. The summed E-state index contributed by atoms with van der Waals surface area (Å²) >= 11 is 1.10. The van der Waals surface area contributed by atoms with Gasteiger partial charge in [-0.1, -0.05) is 30.3 Å². The summed E-state index contributed by atoms with van der Waals surface area (Å²) in [6.07, 6.45) is -4.04. The van der Waals surface area contributed by atoms with Crippen LogP contribution >= 0.6 is 11.3 Å². The molecule has 0 spiro atoms. The number of halogens is 3. The maximum absolute atomic E-state index is 13.8. The monoisotopic (exact) mass is 446 g/mol. The number of alkyl halides is 3. The number of hydrogen-bond donors (Lipinski definition) is 1. The third-order valence-electron chi connectivity index (χ3n) is 4.13. The van der Waals surface area contributed by atoms with Crippen LogP contribution in [0.3, 0.4) is 0 Å². The van der Waals surface area contributed by atoms with E-state index < -0.39 is 23.3 Å². The highest BCUT2D eigenvalue weighted by Gasteiger charge is 2.41. The smallest absolute Gasteiger partial charge is 0.434 e. The molecule has 31 heavy (non-hydrogen) atoms. The number of nitrogens with one attached hydrogen (secondary N) is 1. The van der Waals surface area contributed by atoms with Gasteiger partial charge >= 0.3 is 6.18 Å². The van der Waals surface area contributed by atoms with Crippen molar-refractivity contribution in [3.63, 3.8) is 0 Å². The molecule has 12 heteroatoms. The Kier molecular flexibility index (Phi) is 5.38. The largest absolute Gasteiger partial charge is 0.480 e. The predicted octanol–water partition coefficient (Wildman–Crippen LogP) is 4.07. The van der Waals surface area contributed by atoms with Crippen molar-refractivity contribution in [2.24, 2.45) is 0 Å². The first-order chi connectivity index (χ1) is 14.9. The van der Waals surface area contributed by atoms with Crippen molar-refractivity contribution in [2.45, 2.75) is 6.18 Å². The SMILES string of the molecule is COc1ccc(-n2ncc(C(=O)Nc3nc(-c4ccccc4)cs3)c2C(F)(F)F)nn1. The number of carbonyl (C=O) groups excluding carboxylic acids is 1. The van der Waals surface area contributed by atoms with Crippen molar-refractivity contribution >= 4 is 22.4 Å². The third kappa shape index (κ3) is 4.23. The van der Waals surface area contributed by atoms with Crippen molar-refractivity contribution in [1.29, 1.82) is 0 Å². The Morgan fingerprint density at radius 1 is 1.13 bits per heavy atom. The number of amides is 1. The van der Waals surface area contributed by atoms with Crippen molar-refractivity contribution in [1.82, 2.24) is 25.0 Å². The number of aromatic nitrogens is 5. The molecule has 0 radical (unpaired) electrons. The van der Waals surface area contributed by atoms with Gasteiger partial charge in [0.2, 0.25) is 5.88 Å². The van der Waals surface area contributed by atoms with Gasteiger partial charge in [0.15, 0.2) is 16.6 Å². The van der Waals surface area contributed by atoms with Gasteiger partial charge in [0, 0.05) is 17.0 Å². The van der Waals surface area contributed by atoms with Crippen LogP contribution in [0.1, 0.15) is 16.1 Å². The first-order valence-electron chi connectivity index (χ1n) is 8.72. The molecule has 0 fully saturated rings. The maximum Gasteiger partial charge on any atom is 0.434 e. The number of methoxy groups -OCH3 is 1. The van der Waals surface area contributed by atoms with E-state index in [1.165, 1.54) is 19.2 Å². The maximum atomic E-state index is 13.8. The highest BCUT2D eigenvalue weighted by Crippen LogP contribution is 2.34. The molecule has 3 heterocycles. The molecule has 0 bridgehead atoms. The molecule has 158 valence electrons. The number of benzene rings is 1. The zero-order valence-corrected chi connectivity index (χ0v) is 16.6. The van der Waals surface area contributed by atoms with Gasteiger partial charge in [-0.25, -0.2) is 9.67 Å². The fourth-order valence-corrected chi connectivity index (χ4v) is 3.45. The summed E-state index contributed by atoms with van der Waals surface area (Å²) in [6.45, 7) is 0.